The number of aromatic hydroxyl groups is 1. The first-order valence-electron chi connectivity index (χ1n) is 5.01. The number of hydrogen-bond donors (Lipinski definition) is 3. The Hall–Kier alpha value is -2.50. The van der Waals surface area contributed by atoms with Gasteiger partial charge >= 0.3 is 0 Å². The van der Waals surface area contributed by atoms with Crippen molar-refractivity contribution < 1.29 is 9.90 Å². The Labute approximate surface area is 97.7 Å². The van der Waals surface area contributed by atoms with Crippen molar-refractivity contribution in [2.24, 2.45) is 0 Å². The maximum atomic E-state index is 11.6. The van der Waals surface area contributed by atoms with Crippen LogP contribution in [-0.2, 0) is 11.3 Å². The summed E-state index contributed by atoms with van der Waals surface area (Å²) in [6.07, 6.45) is 3.03. The van der Waals surface area contributed by atoms with Crippen LogP contribution in [0.5, 0.6) is 5.75 Å². The fraction of sp³-hybridized carbons (Fsp3) is 0.0909. The lowest BCUT2D eigenvalue weighted by atomic mass is 10.3. The van der Waals surface area contributed by atoms with Crippen LogP contribution in [0.3, 0.4) is 0 Å². The predicted octanol–water partition coefficient (Wildman–Crippen LogP) is 0.810. The molecule has 0 saturated heterocycles. The molecule has 88 valence electrons. The summed E-state index contributed by atoms with van der Waals surface area (Å²) in [5, 5.41) is 15.9. The van der Waals surface area contributed by atoms with Gasteiger partial charge in [-0.25, -0.2) is 0 Å². The van der Waals surface area contributed by atoms with Gasteiger partial charge in [0.05, 0.1) is 17.6 Å². The standard InChI is InChI=1S/C11H12N4O2/c12-8-5-13-15(6-8)7-11(17)14-9-3-1-2-4-10(9)16/h1-6,16H,7,12H2,(H,14,17). The summed E-state index contributed by atoms with van der Waals surface area (Å²) in [7, 11) is 0. The second-order valence-electron chi connectivity index (χ2n) is 3.54. The molecule has 1 aromatic heterocycles. The Morgan fingerprint density at radius 3 is 2.88 bits per heavy atom. The minimum Gasteiger partial charge on any atom is -0.506 e. The van der Waals surface area contributed by atoms with Crippen LogP contribution in [-0.4, -0.2) is 20.8 Å². The van der Waals surface area contributed by atoms with Gasteiger partial charge in [-0.3, -0.25) is 9.48 Å². The molecule has 6 heteroatoms. The van der Waals surface area contributed by atoms with Gasteiger partial charge in [0, 0.05) is 6.20 Å². The zero-order valence-electron chi connectivity index (χ0n) is 9.00. The number of phenolic OH excluding ortho intramolecular Hbond substituents is 1. The van der Waals surface area contributed by atoms with Crippen LogP contribution in [0.25, 0.3) is 0 Å². The smallest absolute Gasteiger partial charge is 0.246 e. The number of nitrogens with one attached hydrogen (secondary N) is 1. The highest BCUT2D eigenvalue weighted by atomic mass is 16.3. The summed E-state index contributed by atoms with van der Waals surface area (Å²) >= 11 is 0. The number of hydrogen-bond acceptors (Lipinski definition) is 4. The monoisotopic (exact) mass is 232 g/mol. The van der Waals surface area contributed by atoms with E-state index in [1.807, 2.05) is 0 Å². The molecule has 0 fully saturated rings. The molecule has 4 N–H and O–H groups in total. The Balaban J connectivity index is 2.01. The summed E-state index contributed by atoms with van der Waals surface area (Å²) in [6.45, 7) is 0.0472. The van der Waals surface area contributed by atoms with E-state index < -0.39 is 0 Å². The van der Waals surface area contributed by atoms with Crippen molar-refractivity contribution in [1.82, 2.24) is 9.78 Å². The van der Waals surface area contributed by atoms with E-state index in [9.17, 15) is 9.90 Å². The average molecular weight is 232 g/mol. The molecule has 0 aliphatic heterocycles. The molecule has 1 amide bonds. The third-order valence-corrected chi connectivity index (χ3v) is 2.14. The zero-order chi connectivity index (χ0) is 12.3. The molecule has 6 nitrogen and oxygen atoms in total. The maximum Gasteiger partial charge on any atom is 0.246 e. The fourth-order valence-corrected chi connectivity index (χ4v) is 1.38. The summed E-state index contributed by atoms with van der Waals surface area (Å²) < 4.78 is 1.42. The lowest BCUT2D eigenvalue weighted by molar-refractivity contribution is -0.116. The number of rotatable bonds is 3. The second kappa shape index (κ2) is 4.56. The van der Waals surface area contributed by atoms with Crippen molar-refractivity contribution in [1.29, 1.82) is 0 Å². The van der Waals surface area contributed by atoms with Gasteiger partial charge in [0.2, 0.25) is 5.91 Å². The summed E-state index contributed by atoms with van der Waals surface area (Å²) in [4.78, 5) is 11.6. The van der Waals surface area contributed by atoms with E-state index in [0.717, 1.165) is 0 Å². The number of phenols is 1. The Morgan fingerprint density at radius 2 is 2.24 bits per heavy atom. The first-order valence-corrected chi connectivity index (χ1v) is 5.01. The first-order chi connectivity index (χ1) is 8.15. The summed E-state index contributed by atoms with van der Waals surface area (Å²) in [5.74, 6) is -0.254. The molecule has 0 bridgehead atoms. The normalized spacial score (nSPS) is 10.1. The molecular weight excluding hydrogens is 220 g/mol. The van der Waals surface area contributed by atoms with Crippen molar-refractivity contribution in [3.05, 3.63) is 36.7 Å². The number of anilines is 2. The molecule has 0 radical (unpaired) electrons. The number of benzene rings is 1. The molecule has 1 aromatic carbocycles. The fourth-order valence-electron chi connectivity index (χ4n) is 1.38. The van der Waals surface area contributed by atoms with Crippen LogP contribution in [0, 0.1) is 0 Å². The van der Waals surface area contributed by atoms with Gasteiger partial charge in [-0.15, -0.1) is 0 Å². The summed E-state index contributed by atoms with van der Waals surface area (Å²) in [5.41, 5.74) is 6.35. The molecular formula is C11H12N4O2. The van der Waals surface area contributed by atoms with Crippen molar-refractivity contribution in [2.75, 3.05) is 11.1 Å². The molecule has 17 heavy (non-hydrogen) atoms. The number of nitrogens with zero attached hydrogens (tertiary/aromatic N) is 2. The Bertz CT molecular complexity index is 536. The molecule has 2 rings (SSSR count). The van der Waals surface area contributed by atoms with Crippen LogP contribution in [0.15, 0.2) is 36.7 Å². The molecule has 0 aliphatic carbocycles. The van der Waals surface area contributed by atoms with E-state index >= 15 is 0 Å². The first kappa shape index (κ1) is 11.0. The molecule has 0 saturated carbocycles. The highest BCUT2D eigenvalue weighted by molar-refractivity contribution is 5.91. The largest absolute Gasteiger partial charge is 0.506 e. The minimum atomic E-state index is -0.283. The van der Waals surface area contributed by atoms with E-state index in [1.54, 1.807) is 24.4 Å². The Kier molecular flexibility index (Phi) is 2.95. The molecule has 1 heterocycles. The summed E-state index contributed by atoms with van der Waals surface area (Å²) in [6, 6.07) is 6.52. The number of amides is 1. The van der Waals surface area contributed by atoms with E-state index in [0.29, 0.717) is 11.4 Å². The van der Waals surface area contributed by atoms with Crippen molar-refractivity contribution in [3.8, 4) is 5.75 Å². The van der Waals surface area contributed by atoms with Crippen LogP contribution < -0.4 is 11.1 Å². The van der Waals surface area contributed by atoms with E-state index in [-0.39, 0.29) is 18.2 Å². The van der Waals surface area contributed by atoms with Crippen LogP contribution in [0.1, 0.15) is 0 Å². The minimum absolute atomic E-state index is 0.0285. The van der Waals surface area contributed by atoms with Gasteiger partial charge in [0.1, 0.15) is 12.3 Å². The number of para-hydroxylation sites is 2. The molecule has 0 unspecified atom stereocenters. The number of carbonyl (C=O) groups is 1. The molecule has 0 atom stereocenters. The van der Waals surface area contributed by atoms with Gasteiger partial charge in [-0.05, 0) is 12.1 Å². The topological polar surface area (TPSA) is 93.2 Å². The molecule has 2 aromatic rings. The van der Waals surface area contributed by atoms with Crippen LogP contribution in [0.4, 0.5) is 11.4 Å². The number of nitrogen functional groups attached to an aromatic ring is 1. The quantitative estimate of drug-likeness (QED) is 0.683. The second-order valence-corrected chi connectivity index (χ2v) is 3.54. The number of carbonyl (C=O) groups excluding carboxylic acids is 1. The highest BCUT2D eigenvalue weighted by Crippen LogP contribution is 2.21. The zero-order valence-corrected chi connectivity index (χ0v) is 9.00. The van der Waals surface area contributed by atoms with E-state index in [2.05, 4.69) is 10.4 Å². The van der Waals surface area contributed by atoms with Gasteiger partial charge in [-0.2, -0.15) is 5.10 Å². The SMILES string of the molecule is Nc1cnn(CC(=O)Nc2ccccc2O)c1. The third kappa shape index (κ3) is 2.75. The number of aromatic nitrogens is 2. The van der Waals surface area contributed by atoms with Crippen molar-refractivity contribution in [3.63, 3.8) is 0 Å². The lowest BCUT2D eigenvalue weighted by Gasteiger charge is -2.06. The predicted molar refractivity (Wildman–Crippen MR) is 63.4 cm³/mol. The van der Waals surface area contributed by atoms with Crippen molar-refractivity contribution in [2.45, 2.75) is 6.54 Å². The van der Waals surface area contributed by atoms with Gasteiger partial charge in [0.25, 0.3) is 0 Å². The van der Waals surface area contributed by atoms with Gasteiger partial charge < -0.3 is 16.2 Å². The van der Waals surface area contributed by atoms with Gasteiger partial charge in [-0.1, -0.05) is 12.1 Å². The lowest BCUT2D eigenvalue weighted by Crippen LogP contribution is -2.19. The third-order valence-electron chi connectivity index (χ3n) is 2.14. The van der Waals surface area contributed by atoms with Gasteiger partial charge in [0.15, 0.2) is 0 Å². The average Bonchev–Trinajstić information content (AvgIpc) is 2.67. The maximum absolute atomic E-state index is 11.6. The molecule has 0 aliphatic rings. The molecule has 0 spiro atoms. The van der Waals surface area contributed by atoms with Crippen LogP contribution in [0.2, 0.25) is 0 Å². The van der Waals surface area contributed by atoms with Crippen LogP contribution >= 0.6 is 0 Å². The van der Waals surface area contributed by atoms with E-state index in [1.165, 1.54) is 16.9 Å². The Morgan fingerprint density at radius 1 is 1.47 bits per heavy atom. The highest BCUT2D eigenvalue weighted by Gasteiger charge is 2.06. The van der Waals surface area contributed by atoms with E-state index in [4.69, 9.17) is 5.73 Å². The van der Waals surface area contributed by atoms with Crippen molar-refractivity contribution >= 4 is 17.3 Å². The number of nitrogens with two attached hydrogens (primary N) is 1.